The summed E-state index contributed by atoms with van der Waals surface area (Å²) in [7, 11) is -4.67. The summed E-state index contributed by atoms with van der Waals surface area (Å²) >= 11 is 0. The molecule has 0 heterocycles. The lowest BCUT2D eigenvalue weighted by atomic mass is 10.0. The van der Waals surface area contributed by atoms with Crippen LogP contribution in [0.1, 0.15) is 128 Å². The second-order valence-corrected chi connectivity index (χ2v) is 9.59. The zero-order valence-electron chi connectivity index (χ0n) is 19.9. The van der Waals surface area contributed by atoms with Crippen LogP contribution < -0.4 is 0 Å². The summed E-state index contributed by atoms with van der Waals surface area (Å²) in [6.45, 7) is 2.30. The monoisotopic (exact) mass is 456 g/mol. The van der Waals surface area contributed by atoms with Crippen molar-refractivity contribution in [2.24, 2.45) is 0 Å². The van der Waals surface area contributed by atoms with Crippen molar-refractivity contribution in [1.82, 2.24) is 0 Å². The summed E-state index contributed by atoms with van der Waals surface area (Å²) in [6, 6.07) is 10.9. The van der Waals surface area contributed by atoms with Gasteiger partial charge in [0, 0.05) is 0 Å². The molecule has 5 heteroatoms. The van der Waals surface area contributed by atoms with Gasteiger partial charge in [0.2, 0.25) is 0 Å². The van der Waals surface area contributed by atoms with E-state index < -0.39 is 10.4 Å². The summed E-state index contributed by atoms with van der Waals surface area (Å²) in [6.07, 6.45) is 27.4. The van der Waals surface area contributed by atoms with Crippen molar-refractivity contribution in [2.75, 3.05) is 0 Å². The van der Waals surface area contributed by atoms with E-state index in [9.17, 15) is 0 Å². The van der Waals surface area contributed by atoms with Crippen molar-refractivity contribution in [2.45, 2.75) is 129 Å². The molecule has 0 radical (unpaired) electrons. The van der Waals surface area contributed by atoms with Gasteiger partial charge < -0.3 is 0 Å². The van der Waals surface area contributed by atoms with Crippen molar-refractivity contribution in [3.8, 4) is 0 Å². The third-order valence-electron chi connectivity index (χ3n) is 5.66. The minimum atomic E-state index is -4.67. The third kappa shape index (κ3) is 29.1. The fourth-order valence-electron chi connectivity index (χ4n) is 3.88. The van der Waals surface area contributed by atoms with Crippen molar-refractivity contribution >= 4 is 10.4 Å². The number of aryl methyl sites for hydroxylation is 1. The highest BCUT2D eigenvalue weighted by molar-refractivity contribution is 7.79. The zero-order valence-corrected chi connectivity index (χ0v) is 20.8. The van der Waals surface area contributed by atoms with E-state index in [0.29, 0.717) is 0 Å². The molecule has 2 N–H and O–H groups in total. The van der Waals surface area contributed by atoms with Crippen LogP contribution in [0.5, 0.6) is 0 Å². The van der Waals surface area contributed by atoms with Crippen LogP contribution in [0.4, 0.5) is 0 Å². The standard InChI is InChI=1S/C26H46.H2O4S/c1-2-3-4-5-6-7-8-9-10-11-12-13-14-15-16-17-18-20-23-26-24-21-19-22-25-26;1-5(2,3)4/h19,21-22,24-25H,2-18,20,23H2,1H3;(H2,1,2,3,4). The summed E-state index contributed by atoms with van der Waals surface area (Å²) in [5.74, 6) is 0. The smallest absolute Gasteiger partial charge is 0.264 e. The van der Waals surface area contributed by atoms with Gasteiger partial charge in [-0.05, 0) is 18.4 Å². The average Bonchev–Trinajstić information content (AvgIpc) is 2.72. The number of hydrogen-bond acceptors (Lipinski definition) is 2. The van der Waals surface area contributed by atoms with Crippen molar-refractivity contribution in [1.29, 1.82) is 0 Å². The Morgan fingerprint density at radius 1 is 0.548 bits per heavy atom. The van der Waals surface area contributed by atoms with Gasteiger partial charge in [0.05, 0.1) is 0 Å². The second kappa shape index (κ2) is 22.3. The maximum Gasteiger partial charge on any atom is 0.394 e. The minimum Gasteiger partial charge on any atom is -0.264 e. The van der Waals surface area contributed by atoms with Gasteiger partial charge in [0.15, 0.2) is 0 Å². The van der Waals surface area contributed by atoms with E-state index >= 15 is 0 Å². The summed E-state index contributed by atoms with van der Waals surface area (Å²) < 4.78 is 31.6. The number of unbranched alkanes of at least 4 members (excludes halogenated alkanes) is 17. The first kappa shape index (κ1) is 30.1. The van der Waals surface area contributed by atoms with E-state index in [1.807, 2.05) is 0 Å². The van der Waals surface area contributed by atoms with Gasteiger partial charge in [0.25, 0.3) is 0 Å². The molecule has 0 aliphatic rings. The van der Waals surface area contributed by atoms with E-state index in [-0.39, 0.29) is 0 Å². The molecule has 0 bridgehead atoms. The minimum absolute atomic E-state index is 1.26. The highest BCUT2D eigenvalue weighted by atomic mass is 32.3. The maximum atomic E-state index is 8.74. The Kier molecular flexibility index (Phi) is 21.6. The van der Waals surface area contributed by atoms with Crippen LogP contribution in [0.15, 0.2) is 30.3 Å². The van der Waals surface area contributed by atoms with Crippen LogP contribution in [0.3, 0.4) is 0 Å². The topological polar surface area (TPSA) is 74.6 Å². The highest BCUT2D eigenvalue weighted by Gasteiger charge is 1.96. The molecule has 0 aromatic heterocycles. The van der Waals surface area contributed by atoms with Crippen molar-refractivity contribution in [3.05, 3.63) is 35.9 Å². The van der Waals surface area contributed by atoms with Gasteiger partial charge >= 0.3 is 10.4 Å². The lowest BCUT2D eigenvalue weighted by molar-refractivity contribution is 0.381. The molecule has 0 spiro atoms. The largest absolute Gasteiger partial charge is 0.394 e. The lowest BCUT2D eigenvalue weighted by Gasteiger charge is -2.04. The summed E-state index contributed by atoms with van der Waals surface area (Å²) in [5.41, 5.74) is 1.50. The highest BCUT2D eigenvalue weighted by Crippen LogP contribution is 2.14. The molecule has 0 saturated heterocycles. The Bertz CT molecular complexity index is 564. The van der Waals surface area contributed by atoms with Crippen LogP contribution in [-0.2, 0) is 16.8 Å². The van der Waals surface area contributed by atoms with Gasteiger partial charge in [-0.15, -0.1) is 0 Å². The molecule has 0 fully saturated rings. The van der Waals surface area contributed by atoms with Gasteiger partial charge in [-0.25, -0.2) is 0 Å². The summed E-state index contributed by atoms with van der Waals surface area (Å²) in [5, 5.41) is 0. The molecule has 1 aromatic carbocycles. The maximum absolute atomic E-state index is 8.74. The zero-order chi connectivity index (χ0) is 23.0. The first-order valence-electron chi connectivity index (χ1n) is 12.7. The molecular formula is C26H48O4S. The Labute approximate surface area is 192 Å². The van der Waals surface area contributed by atoms with Crippen LogP contribution in [0.25, 0.3) is 0 Å². The van der Waals surface area contributed by atoms with E-state index in [1.165, 1.54) is 128 Å². The van der Waals surface area contributed by atoms with E-state index in [4.69, 9.17) is 17.5 Å². The first-order valence-corrected chi connectivity index (χ1v) is 14.1. The number of benzene rings is 1. The molecule has 0 aliphatic heterocycles. The molecule has 0 amide bonds. The molecule has 0 atom stereocenters. The fraction of sp³-hybridized carbons (Fsp3) is 0.769. The summed E-state index contributed by atoms with van der Waals surface area (Å²) in [4.78, 5) is 0. The molecule has 0 unspecified atom stereocenters. The Morgan fingerprint density at radius 3 is 1.16 bits per heavy atom. The van der Waals surface area contributed by atoms with E-state index in [0.717, 1.165) is 0 Å². The lowest BCUT2D eigenvalue weighted by Crippen LogP contribution is -1.89. The van der Waals surface area contributed by atoms with E-state index in [2.05, 4.69) is 37.3 Å². The van der Waals surface area contributed by atoms with Crippen LogP contribution in [0.2, 0.25) is 0 Å². The van der Waals surface area contributed by atoms with Gasteiger partial charge in [-0.1, -0.05) is 146 Å². The second-order valence-electron chi connectivity index (χ2n) is 8.69. The average molecular weight is 457 g/mol. The number of hydrogen-bond donors (Lipinski definition) is 2. The molecule has 31 heavy (non-hydrogen) atoms. The van der Waals surface area contributed by atoms with Gasteiger partial charge in [-0.2, -0.15) is 8.42 Å². The Hall–Kier alpha value is -0.910. The molecule has 1 aromatic rings. The first-order chi connectivity index (χ1) is 14.9. The fourth-order valence-corrected chi connectivity index (χ4v) is 3.88. The quantitative estimate of drug-likeness (QED) is 0.161. The van der Waals surface area contributed by atoms with Crippen LogP contribution >= 0.6 is 0 Å². The molecule has 4 nitrogen and oxygen atoms in total. The van der Waals surface area contributed by atoms with Crippen molar-refractivity contribution in [3.63, 3.8) is 0 Å². The molecule has 0 aliphatic carbocycles. The van der Waals surface area contributed by atoms with Crippen molar-refractivity contribution < 1.29 is 17.5 Å². The Morgan fingerprint density at radius 2 is 0.839 bits per heavy atom. The molecule has 182 valence electrons. The van der Waals surface area contributed by atoms with Gasteiger partial charge in [0.1, 0.15) is 0 Å². The van der Waals surface area contributed by atoms with E-state index in [1.54, 1.807) is 0 Å². The van der Waals surface area contributed by atoms with Gasteiger partial charge in [-0.3, -0.25) is 9.11 Å². The predicted octanol–water partition coefficient (Wildman–Crippen LogP) is 8.62. The predicted molar refractivity (Wildman–Crippen MR) is 133 cm³/mol. The SMILES string of the molecule is CCCCCCCCCCCCCCCCCCCCc1ccccc1.O=S(=O)(O)O. The molecule has 1 rings (SSSR count). The number of rotatable bonds is 19. The van der Waals surface area contributed by atoms with Crippen LogP contribution in [-0.4, -0.2) is 17.5 Å². The Balaban J connectivity index is 0.00000161. The normalized spacial score (nSPS) is 11.2. The molecular weight excluding hydrogens is 408 g/mol. The third-order valence-corrected chi connectivity index (χ3v) is 5.66. The molecule has 0 saturated carbocycles. The van der Waals surface area contributed by atoms with Crippen LogP contribution in [0, 0.1) is 0 Å².